The van der Waals surface area contributed by atoms with E-state index in [0.717, 1.165) is 33.3 Å². The zero-order chi connectivity index (χ0) is 21.6. The minimum atomic E-state index is -0.902. The van der Waals surface area contributed by atoms with Gasteiger partial charge in [0, 0.05) is 10.4 Å². The van der Waals surface area contributed by atoms with Crippen LogP contribution in [0.25, 0.3) is 29.1 Å². The van der Waals surface area contributed by atoms with E-state index >= 15 is 0 Å². The van der Waals surface area contributed by atoms with E-state index in [0.29, 0.717) is 17.0 Å². The Labute approximate surface area is 186 Å². The summed E-state index contributed by atoms with van der Waals surface area (Å²) in [4.78, 5) is 16.0. The van der Waals surface area contributed by atoms with Gasteiger partial charge in [-0.3, -0.25) is 0 Å². The third kappa shape index (κ3) is 5.27. The molecule has 0 saturated carbocycles. The van der Waals surface area contributed by atoms with E-state index in [-0.39, 0.29) is 0 Å². The van der Waals surface area contributed by atoms with Gasteiger partial charge in [-0.15, -0.1) is 0 Å². The minimum Gasteiger partial charge on any atom is -0.478 e. The predicted molar refractivity (Wildman–Crippen MR) is 128 cm³/mol. The smallest absolute Gasteiger partial charge is 0.335 e. The zero-order valence-corrected chi connectivity index (χ0v) is 17.5. The molecule has 0 amide bonds. The molecular formula is C27H20ClNO2. The van der Waals surface area contributed by atoms with E-state index in [1.165, 1.54) is 0 Å². The van der Waals surface area contributed by atoms with Crippen molar-refractivity contribution in [1.82, 2.24) is 4.98 Å². The molecule has 0 radical (unpaired) electrons. The minimum absolute atomic E-state index is 0.341. The van der Waals surface area contributed by atoms with E-state index in [1.807, 2.05) is 85.0 Å². The molecule has 0 aliphatic carbocycles. The summed E-state index contributed by atoms with van der Waals surface area (Å²) in [5.41, 5.74) is 4.97. The number of carboxylic acids is 1. The third-order valence-electron chi connectivity index (χ3n) is 4.93. The zero-order valence-electron chi connectivity index (χ0n) is 16.7. The summed E-state index contributed by atoms with van der Waals surface area (Å²) in [5, 5.41) is 11.0. The summed E-state index contributed by atoms with van der Waals surface area (Å²) < 4.78 is 0. The molecule has 1 N–H and O–H groups in total. The van der Waals surface area contributed by atoms with Crippen LogP contribution in [0.2, 0.25) is 5.02 Å². The molecule has 3 nitrogen and oxygen atoms in total. The van der Waals surface area contributed by atoms with Crippen molar-refractivity contribution in [2.24, 2.45) is 0 Å². The largest absolute Gasteiger partial charge is 0.478 e. The summed E-state index contributed by atoms with van der Waals surface area (Å²) in [6.45, 7) is 0. The van der Waals surface area contributed by atoms with Crippen molar-refractivity contribution in [3.63, 3.8) is 0 Å². The number of aromatic nitrogens is 1. The Morgan fingerprint density at radius 1 is 0.871 bits per heavy atom. The molecular weight excluding hydrogens is 406 g/mol. The second kappa shape index (κ2) is 9.41. The molecule has 0 atom stereocenters. The molecule has 0 aliphatic rings. The lowest BCUT2D eigenvalue weighted by Gasteiger charge is -2.02. The van der Waals surface area contributed by atoms with Crippen LogP contribution in [0.4, 0.5) is 0 Å². The van der Waals surface area contributed by atoms with Crippen LogP contribution in [-0.2, 0) is 6.42 Å². The first-order valence-corrected chi connectivity index (χ1v) is 10.3. The summed E-state index contributed by atoms with van der Waals surface area (Å²) in [6.07, 6.45) is 8.56. The molecule has 0 fully saturated rings. The van der Waals surface area contributed by atoms with Gasteiger partial charge in [0.05, 0.1) is 16.8 Å². The van der Waals surface area contributed by atoms with Gasteiger partial charge in [-0.2, -0.15) is 0 Å². The van der Waals surface area contributed by atoms with Crippen LogP contribution in [0.3, 0.4) is 0 Å². The number of rotatable bonds is 6. The Kier molecular flexibility index (Phi) is 6.25. The molecule has 0 saturated heterocycles. The van der Waals surface area contributed by atoms with Crippen molar-refractivity contribution in [3.8, 4) is 0 Å². The molecule has 0 unspecified atom stereocenters. The molecule has 4 rings (SSSR count). The van der Waals surface area contributed by atoms with Crippen LogP contribution in [0.5, 0.6) is 0 Å². The van der Waals surface area contributed by atoms with Gasteiger partial charge in [0.15, 0.2) is 0 Å². The second-order valence-electron chi connectivity index (χ2n) is 7.15. The summed E-state index contributed by atoms with van der Waals surface area (Å²) in [7, 11) is 0. The summed E-state index contributed by atoms with van der Waals surface area (Å²) >= 11 is 6.07. The molecule has 152 valence electrons. The molecule has 1 heterocycles. The average Bonchev–Trinajstić information content (AvgIpc) is 2.78. The molecule has 31 heavy (non-hydrogen) atoms. The van der Waals surface area contributed by atoms with Crippen LogP contribution in [0.15, 0.2) is 84.9 Å². The Balaban J connectivity index is 1.48. The number of fused-ring (bicyclic) bond motifs is 1. The van der Waals surface area contributed by atoms with Gasteiger partial charge in [-0.25, -0.2) is 9.78 Å². The number of hydrogen-bond donors (Lipinski definition) is 1. The fraction of sp³-hybridized carbons (Fsp3) is 0.0370. The molecule has 0 spiro atoms. The quantitative estimate of drug-likeness (QED) is 0.361. The Morgan fingerprint density at radius 3 is 2.48 bits per heavy atom. The fourth-order valence-corrected chi connectivity index (χ4v) is 3.54. The van der Waals surface area contributed by atoms with E-state index in [1.54, 1.807) is 12.1 Å². The monoisotopic (exact) mass is 425 g/mol. The van der Waals surface area contributed by atoms with Crippen molar-refractivity contribution in [1.29, 1.82) is 0 Å². The maximum Gasteiger partial charge on any atom is 0.335 e. The molecule has 0 aliphatic heterocycles. The van der Waals surface area contributed by atoms with E-state index in [9.17, 15) is 9.90 Å². The van der Waals surface area contributed by atoms with Gasteiger partial charge < -0.3 is 5.11 Å². The second-order valence-corrected chi connectivity index (χ2v) is 7.58. The first-order chi connectivity index (χ1) is 15.1. The van der Waals surface area contributed by atoms with Crippen molar-refractivity contribution in [2.75, 3.05) is 0 Å². The highest BCUT2D eigenvalue weighted by Crippen LogP contribution is 2.19. The number of halogens is 1. The summed E-state index contributed by atoms with van der Waals surface area (Å²) in [6, 6.07) is 24.9. The van der Waals surface area contributed by atoms with Gasteiger partial charge in [0.2, 0.25) is 0 Å². The molecule has 4 heteroatoms. The third-order valence-corrected chi connectivity index (χ3v) is 5.16. The van der Waals surface area contributed by atoms with Crippen LogP contribution < -0.4 is 0 Å². The SMILES string of the molecule is O=C(O)c1ccccc1C/C=C/c1cccc(/C=C/c2ccc3ccc(Cl)cc3n2)c1. The standard InChI is InChI=1S/C27H20ClNO2/c28-23-14-12-22-13-16-24(29-26(22)18-23)15-11-20-6-3-5-19(17-20)7-4-9-21-8-1-2-10-25(21)27(30)31/h1-8,10-18H,9H2,(H,30,31)/b7-4+,15-11+. The number of benzene rings is 3. The summed E-state index contributed by atoms with van der Waals surface area (Å²) in [5.74, 6) is -0.902. The molecule has 3 aromatic carbocycles. The highest BCUT2D eigenvalue weighted by atomic mass is 35.5. The van der Waals surface area contributed by atoms with Gasteiger partial charge in [-0.05, 0) is 59.5 Å². The van der Waals surface area contributed by atoms with E-state index < -0.39 is 5.97 Å². The Hall–Kier alpha value is -3.69. The van der Waals surface area contributed by atoms with Gasteiger partial charge >= 0.3 is 5.97 Å². The van der Waals surface area contributed by atoms with Gasteiger partial charge in [0.1, 0.15) is 0 Å². The number of allylic oxidation sites excluding steroid dienone is 1. The Morgan fingerprint density at radius 2 is 1.65 bits per heavy atom. The number of hydrogen-bond acceptors (Lipinski definition) is 2. The highest BCUT2D eigenvalue weighted by molar-refractivity contribution is 6.31. The first kappa shape index (κ1) is 20.6. The van der Waals surface area contributed by atoms with Crippen molar-refractivity contribution < 1.29 is 9.90 Å². The topological polar surface area (TPSA) is 50.2 Å². The number of nitrogens with zero attached hydrogens (tertiary/aromatic N) is 1. The van der Waals surface area contributed by atoms with E-state index in [4.69, 9.17) is 11.6 Å². The lowest BCUT2D eigenvalue weighted by atomic mass is 10.0. The molecule has 4 aromatic rings. The lowest BCUT2D eigenvalue weighted by Crippen LogP contribution is -2.01. The van der Waals surface area contributed by atoms with E-state index in [2.05, 4.69) is 11.1 Å². The van der Waals surface area contributed by atoms with Crippen LogP contribution in [0.1, 0.15) is 32.7 Å². The average molecular weight is 426 g/mol. The number of carbonyl (C=O) groups is 1. The molecule has 0 bridgehead atoms. The molecule has 1 aromatic heterocycles. The van der Waals surface area contributed by atoms with Gasteiger partial charge in [0.25, 0.3) is 0 Å². The fourth-order valence-electron chi connectivity index (χ4n) is 3.38. The van der Waals surface area contributed by atoms with Crippen LogP contribution in [-0.4, -0.2) is 16.1 Å². The van der Waals surface area contributed by atoms with Crippen molar-refractivity contribution in [3.05, 3.63) is 118 Å². The predicted octanol–water partition coefficient (Wildman–Crippen LogP) is 7.01. The number of carboxylic acid groups (broad SMARTS) is 1. The highest BCUT2D eigenvalue weighted by Gasteiger charge is 2.06. The van der Waals surface area contributed by atoms with Crippen LogP contribution in [0, 0.1) is 0 Å². The van der Waals surface area contributed by atoms with Crippen LogP contribution >= 0.6 is 11.6 Å². The van der Waals surface area contributed by atoms with Crippen molar-refractivity contribution in [2.45, 2.75) is 6.42 Å². The maximum absolute atomic E-state index is 11.3. The lowest BCUT2D eigenvalue weighted by molar-refractivity contribution is 0.0696. The first-order valence-electron chi connectivity index (χ1n) is 9.91. The van der Waals surface area contributed by atoms with Crippen molar-refractivity contribution >= 4 is 46.7 Å². The maximum atomic E-state index is 11.3. The number of pyridine rings is 1. The number of aromatic carboxylic acids is 1. The Bertz CT molecular complexity index is 1310. The normalized spacial score (nSPS) is 11.5. The van der Waals surface area contributed by atoms with Gasteiger partial charge in [-0.1, -0.05) is 78.4 Å².